The summed E-state index contributed by atoms with van der Waals surface area (Å²) in [4.78, 5) is 38.0. The van der Waals surface area contributed by atoms with Crippen molar-refractivity contribution in [1.29, 1.82) is 0 Å². The first-order chi connectivity index (χ1) is 15.1. The van der Waals surface area contributed by atoms with E-state index in [1.54, 1.807) is 0 Å². The van der Waals surface area contributed by atoms with Crippen LogP contribution in [-0.4, -0.2) is 78.0 Å². The molecule has 0 fully saturated rings. The van der Waals surface area contributed by atoms with E-state index in [9.17, 15) is 50.9 Å². The molecule has 2 atom stereocenters. The second-order valence-corrected chi connectivity index (χ2v) is 7.12. The molecule has 0 aliphatic carbocycles. The molecule has 2 rings (SSSR count). The number of amides is 3. The molecule has 1 aromatic carbocycles. The number of nitrogens with zero attached hydrogens (tertiary/aromatic N) is 1. The summed E-state index contributed by atoms with van der Waals surface area (Å²) >= 11 is 0. The molecular formula is C18H19F6N3O6. The highest BCUT2D eigenvalue weighted by Gasteiger charge is 2.58. The molecular weight excluding hydrogens is 468 g/mol. The van der Waals surface area contributed by atoms with Gasteiger partial charge in [0.1, 0.15) is 24.2 Å². The van der Waals surface area contributed by atoms with Gasteiger partial charge in [0.2, 0.25) is 5.60 Å². The van der Waals surface area contributed by atoms with Gasteiger partial charge in [-0.25, -0.2) is 4.39 Å². The Morgan fingerprint density at radius 1 is 1.21 bits per heavy atom. The summed E-state index contributed by atoms with van der Waals surface area (Å²) in [6, 6.07) is 1.52. The Labute approximate surface area is 182 Å². The highest BCUT2D eigenvalue weighted by atomic mass is 19.4. The summed E-state index contributed by atoms with van der Waals surface area (Å²) in [5.74, 6) is -10.5. The summed E-state index contributed by atoms with van der Waals surface area (Å²) < 4.78 is 81.6. The maximum absolute atomic E-state index is 13.6. The van der Waals surface area contributed by atoms with Crippen LogP contribution in [0.3, 0.4) is 0 Å². The number of aliphatic hydroxyl groups excluding tert-OH is 1. The van der Waals surface area contributed by atoms with Crippen LogP contribution in [0, 0.1) is 5.82 Å². The summed E-state index contributed by atoms with van der Waals surface area (Å²) in [5.41, 5.74) is -3.24. The zero-order chi connectivity index (χ0) is 25.2. The number of benzene rings is 1. The molecule has 0 radical (unpaired) electrons. The molecule has 33 heavy (non-hydrogen) atoms. The molecule has 9 nitrogen and oxygen atoms in total. The van der Waals surface area contributed by atoms with Crippen LogP contribution in [0.25, 0.3) is 0 Å². The van der Waals surface area contributed by atoms with E-state index in [0.717, 1.165) is 22.3 Å². The van der Waals surface area contributed by atoms with E-state index in [1.807, 2.05) is 5.32 Å². The van der Waals surface area contributed by atoms with Crippen LogP contribution in [-0.2, 0) is 14.4 Å². The number of hydrogen-bond donors (Lipinski definition) is 4. The van der Waals surface area contributed by atoms with Crippen molar-refractivity contribution in [2.45, 2.75) is 30.7 Å². The first kappa shape index (κ1) is 26.2. The summed E-state index contributed by atoms with van der Waals surface area (Å²) in [6.07, 6.45) is -5.98. The van der Waals surface area contributed by atoms with Crippen molar-refractivity contribution < 1.29 is 55.7 Å². The summed E-state index contributed by atoms with van der Waals surface area (Å²) in [6.45, 7) is -3.23. The van der Waals surface area contributed by atoms with Gasteiger partial charge in [0, 0.05) is 12.6 Å². The Morgan fingerprint density at radius 3 is 2.42 bits per heavy atom. The number of carbonyl (C=O) groups excluding carboxylic acids is 3. The number of aliphatic hydroxyl groups is 2. The van der Waals surface area contributed by atoms with Gasteiger partial charge in [0.25, 0.3) is 17.7 Å². The zero-order valence-corrected chi connectivity index (χ0v) is 16.9. The average Bonchev–Trinajstić information content (AvgIpc) is 2.83. The van der Waals surface area contributed by atoms with Gasteiger partial charge >= 0.3 is 12.1 Å². The standard InChI is InChI=1S/C18H19F6N3O6/c1-16(32,14(30)25-8-17(20,21)18(22,23)24)15(31)26-10-7-33-12-3-2-9(19)6-11(12)27(4-5-28)13(10)29/h2-3,6,10,28,32H,4-5,7-8H2,1H3,(H,25,30)(H,26,31)/t10-,16?/m0/s1. The monoisotopic (exact) mass is 487 g/mol. The third kappa shape index (κ3) is 5.65. The first-order valence-corrected chi connectivity index (χ1v) is 9.22. The Balaban J connectivity index is 2.16. The van der Waals surface area contributed by atoms with Crippen LogP contribution in [0.4, 0.5) is 32.0 Å². The number of hydrogen-bond acceptors (Lipinski definition) is 6. The maximum atomic E-state index is 13.6. The number of nitrogens with one attached hydrogen (secondary N) is 2. The predicted octanol–water partition coefficient (Wildman–Crippen LogP) is 0.0930. The molecule has 0 bridgehead atoms. The van der Waals surface area contributed by atoms with E-state index in [-0.39, 0.29) is 18.0 Å². The molecule has 0 aromatic heterocycles. The fourth-order valence-corrected chi connectivity index (χ4v) is 2.67. The number of rotatable bonds is 7. The van der Waals surface area contributed by atoms with Gasteiger partial charge in [-0.05, 0) is 19.1 Å². The first-order valence-electron chi connectivity index (χ1n) is 9.22. The molecule has 4 N–H and O–H groups in total. The summed E-state index contributed by atoms with van der Waals surface area (Å²) in [7, 11) is 0. The number of halogens is 6. The fourth-order valence-electron chi connectivity index (χ4n) is 2.67. The van der Waals surface area contributed by atoms with E-state index in [1.165, 1.54) is 6.07 Å². The smallest absolute Gasteiger partial charge is 0.455 e. The van der Waals surface area contributed by atoms with Gasteiger partial charge in [-0.1, -0.05) is 0 Å². The molecule has 3 amide bonds. The van der Waals surface area contributed by atoms with Crippen molar-refractivity contribution in [2.75, 3.05) is 31.2 Å². The number of ether oxygens (including phenoxy) is 1. The Morgan fingerprint density at radius 2 is 1.85 bits per heavy atom. The van der Waals surface area contributed by atoms with E-state index < -0.39 is 67.0 Å². The van der Waals surface area contributed by atoms with Crippen LogP contribution in [0.5, 0.6) is 5.75 Å². The minimum absolute atomic E-state index is 0.00818. The van der Waals surface area contributed by atoms with Crippen molar-refractivity contribution in [1.82, 2.24) is 10.6 Å². The minimum Gasteiger partial charge on any atom is -0.489 e. The van der Waals surface area contributed by atoms with Crippen LogP contribution >= 0.6 is 0 Å². The highest BCUT2D eigenvalue weighted by molar-refractivity contribution is 6.09. The van der Waals surface area contributed by atoms with Crippen molar-refractivity contribution in [3.05, 3.63) is 24.0 Å². The number of β-amino-alcohol motifs (C(OH)–C–C–N with tert-alkyl or cyclic N) is 1. The quantitative estimate of drug-likeness (QED) is 0.319. The molecule has 15 heteroatoms. The lowest BCUT2D eigenvalue weighted by Gasteiger charge is -2.27. The van der Waals surface area contributed by atoms with Gasteiger partial charge in [0.15, 0.2) is 0 Å². The average molecular weight is 487 g/mol. The largest absolute Gasteiger partial charge is 0.489 e. The van der Waals surface area contributed by atoms with E-state index >= 15 is 0 Å². The lowest BCUT2D eigenvalue weighted by Crippen LogP contribution is -2.61. The number of fused-ring (bicyclic) bond motifs is 1. The topological polar surface area (TPSA) is 128 Å². The zero-order valence-electron chi connectivity index (χ0n) is 16.9. The third-order valence-electron chi connectivity index (χ3n) is 4.58. The van der Waals surface area contributed by atoms with E-state index in [4.69, 9.17) is 4.74 Å². The second-order valence-electron chi connectivity index (χ2n) is 7.12. The van der Waals surface area contributed by atoms with Crippen LogP contribution in [0.1, 0.15) is 6.92 Å². The highest BCUT2D eigenvalue weighted by Crippen LogP contribution is 2.35. The normalized spacial score (nSPS) is 18.5. The molecule has 1 unspecified atom stereocenters. The lowest BCUT2D eigenvalue weighted by atomic mass is 10.0. The number of alkyl halides is 5. The second kappa shape index (κ2) is 9.43. The van der Waals surface area contributed by atoms with Gasteiger partial charge in [-0.15, -0.1) is 0 Å². The van der Waals surface area contributed by atoms with Crippen LogP contribution < -0.4 is 20.3 Å². The van der Waals surface area contributed by atoms with E-state index in [0.29, 0.717) is 6.92 Å². The number of carbonyl (C=O) groups is 3. The maximum Gasteiger partial charge on any atom is 0.455 e. The SMILES string of the molecule is CC(O)(C(=O)NCC(F)(F)C(F)(F)F)C(=O)N[C@H]1COc2ccc(F)cc2N(CCO)C1=O. The third-order valence-corrected chi connectivity index (χ3v) is 4.58. The van der Waals surface area contributed by atoms with Crippen molar-refractivity contribution in [3.8, 4) is 5.75 Å². The van der Waals surface area contributed by atoms with Crippen LogP contribution in [0.2, 0.25) is 0 Å². The molecule has 184 valence electrons. The van der Waals surface area contributed by atoms with Crippen molar-refractivity contribution in [2.24, 2.45) is 0 Å². The van der Waals surface area contributed by atoms with Crippen LogP contribution in [0.15, 0.2) is 18.2 Å². The lowest BCUT2D eigenvalue weighted by molar-refractivity contribution is -0.278. The van der Waals surface area contributed by atoms with Gasteiger partial charge in [-0.3, -0.25) is 14.4 Å². The summed E-state index contributed by atoms with van der Waals surface area (Å²) in [5, 5.41) is 22.4. The predicted molar refractivity (Wildman–Crippen MR) is 97.9 cm³/mol. The van der Waals surface area contributed by atoms with Crippen molar-refractivity contribution in [3.63, 3.8) is 0 Å². The van der Waals surface area contributed by atoms with Gasteiger partial charge in [0.05, 0.1) is 18.8 Å². The molecule has 1 aliphatic heterocycles. The molecule has 1 aliphatic rings. The van der Waals surface area contributed by atoms with E-state index in [2.05, 4.69) is 0 Å². The molecule has 0 spiro atoms. The Kier molecular flexibility index (Phi) is 7.48. The molecule has 0 saturated carbocycles. The van der Waals surface area contributed by atoms with Crippen molar-refractivity contribution >= 4 is 23.4 Å². The fraction of sp³-hybridized carbons (Fsp3) is 0.500. The van der Waals surface area contributed by atoms with Gasteiger partial charge < -0.3 is 30.5 Å². The molecule has 1 heterocycles. The Bertz CT molecular complexity index is 923. The van der Waals surface area contributed by atoms with Gasteiger partial charge in [-0.2, -0.15) is 22.0 Å². The minimum atomic E-state index is -5.98. The molecule has 1 aromatic rings. The number of anilines is 1. The molecule has 0 saturated heterocycles. The Hall–Kier alpha value is -3.07.